The molecule has 2 heterocycles. The molecule has 1 N–H and O–H groups in total. The number of nitrogens with zero attached hydrogens (tertiary/aromatic N) is 3. The van der Waals surface area contributed by atoms with Crippen LogP contribution < -0.4 is 5.32 Å². The highest BCUT2D eigenvalue weighted by molar-refractivity contribution is 5.97. The van der Waals surface area contributed by atoms with Gasteiger partial charge in [-0.1, -0.05) is 20.8 Å². The van der Waals surface area contributed by atoms with Crippen molar-refractivity contribution in [3.8, 4) is 11.3 Å². The molecule has 1 amide bonds. The first-order valence-electron chi connectivity index (χ1n) is 7.97. The first-order valence-corrected chi connectivity index (χ1v) is 7.97. The molecule has 0 unspecified atom stereocenters. The molecule has 0 aliphatic heterocycles. The molecule has 128 valence electrons. The van der Waals surface area contributed by atoms with Gasteiger partial charge in [0.2, 0.25) is 5.91 Å². The molecule has 6 heteroatoms. The molecule has 0 aliphatic carbocycles. The molecular weight excluding hydrogens is 304 g/mol. The minimum Gasteiger partial charge on any atom is -0.323 e. The van der Waals surface area contributed by atoms with E-state index in [1.165, 1.54) is 0 Å². The van der Waals surface area contributed by atoms with Gasteiger partial charge in [0.25, 0.3) is 0 Å². The molecule has 0 saturated carbocycles. The van der Waals surface area contributed by atoms with Gasteiger partial charge in [0.05, 0.1) is 17.1 Å². The van der Waals surface area contributed by atoms with Crippen molar-refractivity contribution in [2.75, 3.05) is 5.32 Å². The predicted molar refractivity (Wildman–Crippen MR) is 93.5 cm³/mol. The minimum absolute atomic E-state index is 0.0769. The standard InChI is InChI=1S/C18H24N4O2/c1-12-16(20-15(24)9-8-14(23)18(2,3)4)17(22(5)21-12)13-7-6-10-19-11-13/h6-7,10-11H,8-9H2,1-5H3,(H,20,24). The quantitative estimate of drug-likeness (QED) is 0.915. The van der Waals surface area contributed by atoms with Crippen LogP contribution >= 0.6 is 0 Å². The van der Waals surface area contributed by atoms with E-state index >= 15 is 0 Å². The van der Waals surface area contributed by atoms with E-state index in [0.29, 0.717) is 5.69 Å². The zero-order chi connectivity index (χ0) is 17.9. The lowest BCUT2D eigenvalue weighted by Crippen LogP contribution is -2.22. The minimum atomic E-state index is -0.425. The average Bonchev–Trinajstić information content (AvgIpc) is 2.78. The number of hydrogen-bond acceptors (Lipinski definition) is 4. The number of carbonyl (C=O) groups is 2. The van der Waals surface area contributed by atoms with Crippen LogP contribution in [0.3, 0.4) is 0 Å². The number of rotatable bonds is 5. The van der Waals surface area contributed by atoms with Crippen molar-refractivity contribution in [1.82, 2.24) is 14.8 Å². The second kappa shape index (κ2) is 6.95. The summed E-state index contributed by atoms with van der Waals surface area (Å²) in [5, 5.41) is 7.28. The van der Waals surface area contributed by atoms with Crippen molar-refractivity contribution in [2.45, 2.75) is 40.5 Å². The number of aromatic nitrogens is 3. The van der Waals surface area contributed by atoms with Gasteiger partial charge in [-0.05, 0) is 19.1 Å². The zero-order valence-corrected chi connectivity index (χ0v) is 14.9. The van der Waals surface area contributed by atoms with Crippen LogP contribution in [0.15, 0.2) is 24.5 Å². The van der Waals surface area contributed by atoms with Gasteiger partial charge in [-0.15, -0.1) is 0 Å². The monoisotopic (exact) mass is 328 g/mol. The van der Waals surface area contributed by atoms with E-state index in [1.54, 1.807) is 17.1 Å². The molecule has 2 rings (SSSR count). The number of aryl methyl sites for hydroxylation is 2. The largest absolute Gasteiger partial charge is 0.323 e. The summed E-state index contributed by atoms with van der Waals surface area (Å²) < 4.78 is 1.72. The van der Waals surface area contributed by atoms with Crippen LogP contribution in [0.5, 0.6) is 0 Å². The van der Waals surface area contributed by atoms with E-state index in [0.717, 1.165) is 17.0 Å². The number of ketones is 1. The number of amides is 1. The number of nitrogens with one attached hydrogen (secondary N) is 1. The maximum absolute atomic E-state index is 12.3. The molecule has 0 atom stereocenters. The average molecular weight is 328 g/mol. The Hall–Kier alpha value is -2.50. The maximum atomic E-state index is 12.3. The third kappa shape index (κ3) is 4.07. The van der Waals surface area contributed by atoms with Crippen molar-refractivity contribution < 1.29 is 9.59 Å². The Kier molecular flexibility index (Phi) is 5.17. The van der Waals surface area contributed by atoms with Gasteiger partial charge in [-0.2, -0.15) is 5.10 Å². The van der Waals surface area contributed by atoms with Gasteiger partial charge >= 0.3 is 0 Å². The third-order valence-corrected chi connectivity index (χ3v) is 3.84. The summed E-state index contributed by atoms with van der Waals surface area (Å²) in [5.41, 5.74) is 2.65. The lowest BCUT2D eigenvalue weighted by molar-refractivity contribution is -0.128. The molecular formula is C18H24N4O2. The second-order valence-electron chi connectivity index (χ2n) is 6.90. The van der Waals surface area contributed by atoms with E-state index in [1.807, 2.05) is 46.9 Å². The molecule has 0 radical (unpaired) electrons. The van der Waals surface area contributed by atoms with E-state index in [2.05, 4.69) is 15.4 Å². The fourth-order valence-corrected chi connectivity index (χ4v) is 2.45. The van der Waals surface area contributed by atoms with Crippen LogP contribution in [-0.2, 0) is 16.6 Å². The fraction of sp³-hybridized carbons (Fsp3) is 0.444. The second-order valence-corrected chi connectivity index (χ2v) is 6.90. The van der Waals surface area contributed by atoms with Crippen LogP contribution in [0.2, 0.25) is 0 Å². The third-order valence-electron chi connectivity index (χ3n) is 3.84. The van der Waals surface area contributed by atoms with Crippen molar-refractivity contribution in [1.29, 1.82) is 0 Å². The lowest BCUT2D eigenvalue weighted by Gasteiger charge is -2.16. The summed E-state index contributed by atoms with van der Waals surface area (Å²) in [7, 11) is 1.83. The predicted octanol–water partition coefficient (Wildman–Crippen LogP) is 3.12. The highest BCUT2D eigenvalue weighted by Crippen LogP contribution is 2.30. The molecule has 6 nitrogen and oxygen atoms in total. The Balaban J connectivity index is 2.16. The zero-order valence-electron chi connectivity index (χ0n) is 14.9. The van der Waals surface area contributed by atoms with E-state index in [9.17, 15) is 9.59 Å². The molecule has 24 heavy (non-hydrogen) atoms. The highest BCUT2D eigenvalue weighted by Gasteiger charge is 2.22. The molecule has 0 aromatic carbocycles. The van der Waals surface area contributed by atoms with Gasteiger partial charge in [-0.25, -0.2) is 0 Å². The molecule has 2 aromatic rings. The van der Waals surface area contributed by atoms with Gasteiger partial charge in [-0.3, -0.25) is 19.3 Å². The Bertz CT molecular complexity index is 742. The first-order chi connectivity index (χ1) is 11.2. The number of hydrogen-bond donors (Lipinski definition) is 1. The van der Waals surface area contributed by atoms with Gasteiger partial charge in [0.15, 0.2) is 0 Å². The van der Waals surface area contributed by atoms with Crippen LogP contribution in [0.1, 0.15) is 39.3 Å². The normalized spacial score (nSPS) is 11.4. The maximum Gasteiger partial charge on any atom is 0.224 e. The molecule has 0 bridgehead atoms. The Morgan fingerprint density at radius 3 is 2.54 bits per heavy atom. The van der Waals surface area contributed by atoms with Crippen LogP contribution in [0.25, 0.3) is 11.3 Å². The van der Waals surface area contributed by atoms with E-state index in [-0.39, 0.29) is 24.5 Å². The van der Waals surface area contributed by atoms with E-state index < -0.39 is 5.41 Å². The molecule has 0 aliphatic rings. The highest BCUT2D eigenvalue weighted by atomic mass is 16.2. The first kappa shape index (κ1) is 17.8. The van der Waals surface area contributed by atoms with Crippen molar-refractivity contribution in [3.05, 3.63) is 30.2 Å². The molecule has 0 spiro atoms. The summed E-state index contributed by atoms with van der Waals surface area (Å²) in [5.74, 6) is -0.109. The van der Waals surface area contributed by atoms with Crippen molar-refractivity contribution in [3.63, 3.8) is 0 Å². The van der Waals surface area contributed by atoms with Crippen LogP contribution in [0, 0.1) is 12.3 Å². The summed E-state index contributed by atoms with van der Waals surface area (Å²) >= 11 is 0. The summed E-state index contributed by atoms with van der Waals surface area (Å²) in [4.78, 5) is 28.4. The molecule has 0 saturated heterocycles. The smallest absolute Gasteiger partial charge is 0.224 e. The lowest BCUT2D eigenvalue weighted by atomic mass is 9.88. The van der Waals surface area contributed by atoms with Gasteiger partial charge < -0.3 is 5.32 Å². The molecule has 2 aromatic heterocycles. The Morgan fingerprint density at radius 2 is 1.96 bits per heavy atom. The summed E-state index contributed by atoms with van der Waals surface area (Å²) in [6, 6.07) is 3.76. The molecule has 0 fully saturated rings. The number of carbonyl (C=O) groups excluding carboxylic acids is 2. The van der Waals surface area contributed by atoms with E-state index in [4.69, 9.17) is 0 Å². The Labute approximate surface area is 142 Å². The summed E-state index contributed by atoms with van der Waals surface area (Å²) in [6.45, 7) is 7.42. The van der Waals surface area contributed by atoms with Gasteiger partial charge in [0, 0.05) is 43.3 Å². The number of Topliss-reactive ketones (excluding diaryl/α,β-unsaturated/α-hetero) is 1. The van der Waals surface area contributed by atoms with Gasteiger partial charge in [0.1, 0.15) is 5.78 Å². The van der Waals surface area contributed by atoms with Crippen molar-refractivity contribution in [2.24, 2.45) is 12.5 Å². The Morgan fingerprint density at radius 1 is 1.25 bits per heavy atom. The van der Waals surface area contributed by atoms with Crippen LogP contribution in [-0.4, -0.2) is 26.5 Å². The SMILES string of the molecule is Cc1nn(C)c(-c2cccnc2)c1NC(=O)CCC(=O)C(C)(C)C. The summed E-state index contributed by atoms with van der Waals surface area (Å²) in [6.07, 6.45) is 3.83. The number of anilines is 1. The topological polar surface area (TPSA) is 76.9 Å². The number of pyridine rings is 1. The van der Waals surface area contributed by atoms with Crippen LogP contribution in [0.4, 0.5) is 5.69 Å². The fourth-order valence-electron chi connectivity index (χ4n) is 2.45. The van der Waals surface area contributed by atoms with Crippen molar-refractivity contribution >= 4 is 17.4 Å².